The number of hydrogen-bond acceptors (Lipinski definition) is 3. The van der Waals surface area contributed by atoms with Gasteiger partial charge in [-0.05, 0) is 17.0 Å². The summed E-state index contributed by atoms with van der Waals surface area (Å²) in [6.45, 7) is 0. The number of nitrogens with two attached hydrogens (primary N) is 1. The van der Waals surface area contributed by atoms with E-state index in [1.165, 1.54) is 0 Å². The maximum Gasteiger partial charge on any atom is 0.305 e. The van der Waals surface area contributed by atoms with Crippen molar-refractivity contribution < 1.29 is 9.90 Å². The zero-order valence-electron chi connectivity index (χ0n) is 11.1. The maximum atomic E-state index is 10.8. The van der Waals surface area contributed by atoms with E-state index < -0.39 is 12.0 Å². The molecule has 2 rings (SSSR count). The second kappa shape index (κ2) is 5.28. The highest BCUT2D eigenvalue weighted by atomic mass is 16.4. The fourth-order valence-electron chi connectivity index (χ4n) is 2.32. The third-order valence-electron chi connectivity index (χ3n) is 3.21. The number of anilines is 1. The average Bonchev–Trinajstić information content (AvgIpc) is 2.36. The standard InChI is InChI=1S/C15H18N2O2/c1-17(2)14-8-7-11(13(16)9-15(18)19)10-5-3-4-6-12(10)14/h3-8,13H,9,16H2,1-2H3,(H,18,19)/t13-/m1/s1. The van der Waals surface area contributed by atoms with E-state index in [2.05, 4.69) is 0 Å². The Bertz CT molecular complexity index is 608. The molecule has 1 atom stereocenters. The summed E-state index contributed by atoms with van der Waals surface area (Å²) in [6, 6.07) is 11.4. The molecular formula is C15H18N2O2. The minimum Gasteiger partial charge on any atom is -0.481 e. The molecule has 0 bridgehead atoms. The first-order chi connectivity index (χ1) is 9.00. The average molecular weight is 258 g/mol. The summed E-state index contributed by atoms with van der Waals surface area (Å²) < 4.78 is 0. The quantitative estimate of drug-likeness (QED) is 0.883. The van der Waals surface area contributed by atoms with E-state index in [0.717, 1.165) is 22.0 Å². The van der Waals surface area contributed by atoms with Crippen molar-refractivity contribution in [1.82, 2.24) is 0 Å². The highest BCUT2D eigenvalue weighted by Gasteiger charge is 2.15. The Morgan fingerprint density at radius 2 is 1.84 bits per heavy atom. The van der Waals surface area contributed by atoms with Crippen molar-refractivity contribution in [3.63, 3.8) is 0 Å². The molecule has 0 unspecified atom stereocenters. The molecule has 3 N–H and O–H groups in total. The van der Waals surface area contributed by atoms with Crippen LogP contribution in [0.4, 0.5) is 5.69 Å². The Balaban J connectivity index is 2.58. The minimum atomic E-state index is -0.881. The largest absolute Gasteiger partial charge is 0.481 e. The molecule has 0 saturated carbocycles. The van der Waals surface area contributed by atoms with E-state index in [-0.39, 0.29) is 6.42 Å². The second-order valence-corrected chi connectivity index (χ2v) is 4.82. The molecule has 0 radical (unpaired) electrons. The molecule has 100 valence electrons. The molecule has 0 saturated heterocycles. The molecule has 4 nitrogen and oxygen atoms in total. The van der Waals surface area contributed by atoms with Gasteiger partial charge < -0.3 is 15.7 Å². The first kappa shape index (κ1) is 13.4. The van der Waals surface area contributed by atoms with Gasteiger partial charge in [0, 0.05) is 31.2 Å². The van der Waals surface area contributed by atoms with Crippen LogP contribution in [0.1, 0.15) is 18.0 Å². The molecule has 0 spiro atoms. The minimum absolute atomic E-state index is 0.0642. The van der Waals surface area contributed by atoms with Gasteiger partial charge in [-0.15, -0.1) is 0 Å². The molecule has 19 heavy (non-hydrogen) atoms. The number of carbonyl (C=O) groups is 1. The number of fused-ring (bicyclic) bond motifs is 1. The van der Waals surface area contributed by atoms with Crippen LogP contribution >= 0.6 is 0 Å². The molecule has 0 heterocycles. The molecular weight excluding hydrogens is 240 g/mol. The van der Waals surface area contributed by atoms with Gasteiger partial charge in [0.2, 0.25) is 0 Å². The van der Waals surface area contributed by atoms with Crippen LogP contribution in [-0.2, 0) is 4.79 Å². The molecule has 0 aliphatic carbocycles. The Morgan fingerprint density at radius 3 is 2.42 bits per heavy atom. The van der Waals surface area contributed by atoms with Gasteiger partial charge in [-0.25, -0.2) is 0 Å². The van der Waals surface area contributed by atoms with Gasteiger partial charge in [0.25, 0.3) is 0 Å². The van der Waals surface area contributed by atoms with Gasteiger partial charge in [-0.1, -0.05) is 30.3 Å². The number of carboxylic acid groups (broad SMARTS) is 1. The molecule has 2 aromatic carbocycles. The summed E-state index contributed by atoms with van der Waals surface area (Å²) in [6.07, 6.45) is -0.0642. The van der Waals surface area contributed by atoms with E-state index in [4.69, 9.17) is 10.8 Å². The van der Waals surface area contributed by atoms with Gasteiger partial charge >= 0.3 is 5.97 Å². The van der Waals surface area contributed by atoms with Crippen molar-refractivity contribution in [3.8, 4) is 0 Å². The molecule has 2 aromatic rings. The normalized spacial score (nSPS) is 12.4. The van der Waals surface area contributed by atoms with Crippen LogP contribution in [0.5, 0.6) is 0 Å². The van der Waals surface area contributed by atoms with Crippen LogP contribution in [0.15, 0.2) is 36.4 Å². The summed E-state index contributed by atoms with van der Waals surface area (Å²) in [5.74, 6) is -0.881. The molecule has 0 aromatic heterocycles. The van der Waals surface area contributed by atoms with Crippen LogP contribution in [0, 0.1) is 0 Å². The maximum absolute atomic E-state index is 10.8. The number of benzene rings is 2. The van der Waals surface area contributed by atoms with Crippen LogP contribution < -0.4 is 10.6 Å². The number of nitrogens with zero attached hydrogens (tertiary/aromatic N) is 1. The van der Waals surface area contributed by atoms with Crippen LogP contribution in [-0.4, -0.2) is 25.2 Å². The van der Waals surface area contributed by atoms with Crippen LogP contribution in [0.25, 0.3) is 10.8 Å². The van der Waals surface area contributed by atoms with Crippen molar-refractivity contribution >= 4 is 22.4 Å². The monoisotopic (exact) mass is 258 g/mol. The lowest BCUT2D eigenvalue weighted by Crippen LogP contribution is -2.16. The van der Waals surface area contributed by atoms with E-state index in [9.17, 15) is 4.79 Å². The van der Waals surface area contributed by atoms with Crippen molar-refractivity contribution in [2.75, 3.05) is 19.0 Å². The van der Waals surface area contributed by atoms with Gasteiger partial charge in [-0.3, -0.25) is 4.79 Å². The molecule has 0 fully saturated rings. The Morgan fingerprint density at radius 1 is 1.21 bits per heavy atom. The van der Waals surface area contributed by atoms with Gasteiger partial charge in [0.15, 0.2) is 0 Å². The molecule has 4 heteroatoms. The highest BCUT2D eigenvalue weighted by molar-refractivity contribution is 5.96. The van der Waals surface area contributed by atoms with Crippen molar-refractivity contribution in [3.05, 3.63) is 42.0 Å². The lowest BCUT2D eigenvalue weighted by atomic mass is 9.96. The Kier molecular flexibility index (Phi) is 3.71. The molecule has 0 aliphatic heterocycles. The summed E-state index contributed by atoms with van der Waals surface area (Å²) in [5, 5.41) is 11.0. The second-order valence-electron chi connectivity index (χ2n) is 4.82. The van der Waals surface area contributed by atoms with E-state index >= 15 is 0 Å². The van der Waals surface area contributed by atoms with Gasteiger partial charge in [-0.2, -0.15) is 0 Å². The highest BCUT2D eigenvalue weighted by Crippen LogP contribution is 2.31. The predicted molar refractivity (Wildman–Crippen MR) is 77.5 cm³/mol. The van der Waals surface area contributed by atoms with Gasteiger partial charge in [0.05, 0.1) is 6.42 Å². The third kappa shape index (κ3) is 2.69. The topological polar surface area (TPSA) is 66.6 Å². The fraction of sp³-hybridized carbons (Fsp3) is 0.267. The van der Waals surface area contributed by atoms with E-state index in [0.29, 0.717) is 0 Å². The number of hydrogen-bond donors (Lipinski definition) is 2. The van der Waals surface area contributed by atoms with Crippen molar-refractivity contribution in [2.24, 2.45) is 5.73 Å². The summed E-state index contributed by atoms with van der Waals surface area (Å²) in [4.78, 5) is 12.8. The zero-order chi connectivity index (χ0) is 14.0. The van der Waals surface area contributed by atoms with E-state index in [1.54, 1.807) is 0 Å². The number of aliphatic carboxylic acids is 1. The lowest BCUT2D eigenvalue weighted by molar-refractivity contribution is -0.137. The summed E-state index contributed by atoms with van der Waals surface area (Å²) in [5.41, 5.74) is 7.97. The molecule has 0 aliphatic rings. The van der Waals surface area contributed by atoms with E-state index in [1.807, 2.05) is 55.4 Å². The fourth-order valence-corrected chi connectivity index (χ4v) is 2.32. The molecule has 0 amide bonds. The summed E-state index contributed by atoms with van der Waals surface area (Å²) >= 11 is 0. The zero-order valence-corrected chi connectivity index (χ0v) is 11.1. The smallest absolute Gasteiger partial charge is 0.305 e. The first-order valence-corrected chi connectivity index (χ1v) is 6.17. The van der Waals surface area contributed by atoms with Crippen LogP contribution in [0.2, 0.25) is 0 Å². The Labute approximate surface area is 112 Å². The van der Waals surface area contributed by atoms with Crippen molar-refractivity contribution in [1.29, 1.82) is 0 Å². The van der Waals surface area contributed by atoms with Crippen LogP contribution in [0.3, 0.4) is 0 Å². The predicted octanol–water partition coefficient (Wildman–Crippen LogP) is 2.38. The Hall–Kier alpha value is -2.07. The SMILES string of the molecule is CN(C)c1ccc([C@H](N)CC(=O)O)c2ccccc12. The number of rotatable bonds is 4. The van der Waals surface area contributed by atoms with Crippen molar-refractivity contribution in [2.45, 2.75) is 12.5 Å². The third-order valence-corrected chi connectivity index (χ3v) is 3.21. The number of carboxylic acids is 1. The van der Waals surface area contributed by atoms with Gasteiger partial charge in [0.1, 0.15) is 0 Å². The summed E-state index contributed by atoms with van der Waals surface area (Å²) in [7, 11) is 3.97. The lowest BCUT2D eigenvalue weighted by Gasteiger charge is -2.19. The first-order valence-electron chi connectivity index (χ1n) is 6.17.